The molecule has 0 bridgehead atoms. The number of ether oxygens (including phenoxy) is 6. The van der Waals surface area contributed by atoms with E-state index in [9.17, 15) is 4.79 Å². The molecule has 0 rings (SSSR count). The summed E-state index contributed by atoms with van der Waals surface area (Å²) in [5.41, 5.74) is 0. The standard InChI is InChI=1S/C21H43NO7/c1-4-6-7-20(5-2)21(23)29-19-18-28-17-16-27-15-14-26-13-12-25-11-10-24-9-8-22-3/h20,22H,4-19H2,1-3H3. The highest BCUT2D eigenvalue weighted by Gasteiger charge is 2.16. The molecule has 0 heterocycles. The van der Waals surface area contributed by atoms with Gasteiger partial charge in [-0.05, 0) is 19.9 Å². The van der Waals surface area contributed by atoms with E-state index in [2.05, 4.69) is 12.2 Å². The average Bonchev–Trinajstić information content (AvgIpc) is 2.73. The number of esters is 1. The Bertz CT molecular complexity index is 345. The normalized spacial score (nSPS) is 12.2. The van der Waals surface area contributed by atoms with Crippen molar-refractivity contribution in [2.75, 3.05) is 86.3 Å². The van der Waals surface area contributed by atoms with Gasteiger partial charge in [-0.15, -0.1) is 0 Å². The first-order valence-corrected chi connectivity index (χ1v) is 11.0. The summed E-state index contributed by atoms with van der Waals surface area (Å²) in [7, 11) is 1.89. The molecule has 1 unspecified atom stereocenters. The fourth-order valence-electron chi connectivity index (χ4n) is 2.41. The molecule has 0 aliphatic rings. The molecule has 29 heavy (non-hydrogen) atoms. The first-order valence-electron chi connectivity index (χ1n) is 11.0. The average molecular weight is 422 g/mol. The molecule has 174 valence electrons. The van der Waals surface area contributed by atoms with Crippen molar-refractivity contribution in [1.29, 1.82) is 0 Å². The molecule has 0 aromatic heterocycles. The van der Waals surface area contributed by atoms with Crippen molar-refractivity contribution in [2.24, 2.45) is 5.92 Å². The maximum Gasteiger partial charge on any atom is 0.308 e. The SMILES string of the molecule is CCCCC(CC)C(=O)OCCOCCOCCOCCOCCOCCNC. The van der Waals surface area contributed by atoms with Crippen LogP contribution in [0.4, 0.5) is 0 Å². The Labute approximate surface area is 176 Å². The van der Waals surface area contributed by atoms with Crippen LogP contribution in [0, 0.1) is 5.92 Å². The van der Waals surface area contributed by atoms with Crippen LogP contribution in [-0.2, 0) is 33.2 Å². The highest BCUT2D eigenvalue weighted by molar-refractivity contribution is 5.72. The third-order valence-corrected chi connectivity index (χ3v) is 4.19. The van der Waals surface area contributed by atoms with Crippen molar-refractivity contribution in [3.05, 3.63) is 0 Å². The lowest BCUT2D eigenvalue weighted by atomic mass is 10.00. The molecule has 0 fully saturated rings. The lowest BCUT2D eigenvalue weighted by Crippen LogP contribution is -2.20. The van der Waals surface area contributed by atoms with Crippen LogP contribution >= 0.6 is 0 Å². The summed E-state index contributed by atoms with van der Waals surface area (Å²) >= 11 is 0. The van der Waals surface area contributed by atoms with Crippen molar-refractivity contribution in [1.82, 2.24) is 5.32 Å². The minimum absolute atomic E-state index is 0.0142. The second kappa shape index (κ2) is 23.5. The van der Waals surface area contributed by atoms with E-state index in [4.69, 9.17) is 28.4 Å². The molecule has 0 spiro atoms. The number of hydrogen-bond donors (Lipinski definition) is 1. The van der Waals surface area contributed by atoms with Crippen LogP contribution in [0.2, 0.25) is 0 Å². The second-order valence-corrected chi connectivity index (χ2v) is 6.58. The molecular formula is C21H43NO7. The Morgan fingerprint density at radius 2 is 1.17 bits per heavy atom. The fourth-order valence-corrected chi connectivity index (χ4v) is 2.41. The van der Waals surface area contributed by atoms with Crippen LogP contribution in [0.3, 0.4) is 0 Å². The van der Waals surface area contributed by atoms with E-state index in [0.29, 0.717) is 72.7 Å². The second-order valence-electron chi connectivity index (χ2n) is 6.58. The van der Waals surface area contributed by atoms with Crippen molar-refractivity contribution in [3.8, 4) is 0 Å². The Morgan fingerprint density at radius 1 is 0.724 bits per heavy atom. The first kappa shape index (κ1) is 28.2. The monoisotopic (exact) mass is 421 g/mol. The van der Waals surface area contributed by atoms with Crippen LogP contribution in [0.25, 0.3) is 0 Å². The molecule has 0 amide bonds. The zero-order valence-electron chi connectivity index (χ0n) is 18.7. The van der Waals surface area contributed by atoms with E-state index < -0.39 is 0 Å². The molecule has 1 N–H and O–H groups in total. The zero-order valence-corrected chi connectivity index (χ0v) is 18.7. The highest BCUT2D eigenvalue weighted by Crippen LogP contribution is 2.14. The van der Waals surface area contributed by atoms with Crippen LogP contribution in [0.5, 0.6) is 0 Å². The minimum atomic E-state index is -0.108. The number of unbranched alkanes of at least 4 members (excludes halogenated alkanes) is 1. The number of likely N-dealkylation sites (N-methyl/N-ethyl adjacent to an activating group) is 1. The van der Waals surface area contributed by atoms with Gasteiger partial charge in [0, 0.05) is 6.54 Å². The van der Waals surface area contributed by atoms with Crippen LogP contribution in [-0.4, -0.2) is 92.2 Å². The smallest absolute Gasteiger partial charge is 0.308 e. The summed E-state index contributed by atoms with van der Waals surface area (Å²) in [6.45, 7) is 10.7. The van der Waals surface area contributed by atoms with Crippen molar-refractivity contribution < 1.29 is 33.2 Å². The maximum atomic E-state index is 11.9. The Balaban J connectivity index is 3.23. The topological polar surface area (TPSA) is 84.5 Å². The molecule has 8 nitrogen and oxygen atoms in total. The number of hydrogen-bond acceptors (Lipinski definition) is 8. The summed E-state index contributed by atoms with van der Waals surface area (Å²) in [4.78, 5) is 11.9. The molecular weight excluding hydrogens is 378 g/mol. The summed E-state index contributed by atoms with van der Waals surface area (Å²) in [5, 5.41) is 3.01. The van der Waals surface area contributed by atoms with Crippen LogP contribution < -0.4 is 5.32 Å². The van der Waals surface area contributed by atoms with Gasteiger partial charge in [-0.2, -0.15) is 0 Å². The number of nitrogens with one attached hydrogen (secondary N) is 1. The zero-order chi connectivity index (χ0) is 21.4. The predicted molar refractivity (Wildman–Crippen MR) is 112 cm³/mol. The van der Waals surface area contributed by atoms with E-state index in [0.717, 1.165) is 32.2 Å². The lowest BCUT2D eigenvalue weighted by molar-refractivity contribution is -0.150. The molecule has 0 aromatic carbocycles. The largest absolute Gasteiger partial charge is 0.463 e. The van der Waals surface area contributed by atoms with Gasteiger partial charge in [0.1, 0.15) is 6.61 Å². The van der Waals surface area contributed by atoms with Crippen LogP contribution in [0.15, 0.2) is 0 Å². The van der Waals surface area contributed by atoms with E-state index in [1.165, 1.54) is 0 Å². The summed E-state index contributed by atoms with van der Waals surface area (Å²) in [6.07, 6.45) is 3.89. The third-order valence-electron chi connectivity index (χ3n) is 4.19. The lowest BCUT2D eigenvalue weighted by Gasteiger charge is -2.13. The van der Waals surface area contributed by atoms with Gasteiger partial charge in [-0.3, -0.25) is 4.79 Å². The summed E-state index contributed by atoms with van der Waals surface area (Å²) in [6, 6.07) is 0. The van der Waals surface area contributed by atoms with Gasteiger partial charge in [-0.25, -0.2) is 0 Å². The molecule has 0 radical (unpaired) electrons. The molecule has 0 aliphatic carbocycles. The van der Waals surface area contributed by atoms with Gasteiger partial charge in [0.15, 0.2) is 0 Å². The molecule has 1 atom stereocenters. The molecule has 0 aromatic rings. The molecule has 0 saturated heterocycles. The van der Waals surface area contributed by atoms with Gasteiger partial charge in [-0.1, -0.05) is 26.7 Å². The molecule has 0 aliphatic heterocycles. The van der Waals surface area contributed by atoms with Gasteiger partial charge >= 0.3 is 5.97 Å². The third kappa shape index (κ3) is 20.3. The van der Waals surface area contributed by atoms with E-state index in [-0.39, 0.29) is 11.9 Å². The minimum Gasteiger partial charge on any atom is -0.463 e. The first-order chi connectivity index (χ1) is 14.3. The number of carbonyl (C=O) groups is 1. The quantitative estimate of drug-likeness (QED) is 0.198. The molecule has 0 saturated carbocycles. The maximum absolute atomic E-state index is 11.9. The highest BCUT2D eigenvalue weighted by atomic mass is 16.6. The van der Waals surface area contributed by atoms with Gasteiger partial charge < -0.3 is 33.7 Å². The Kier molecular flexibility index (Phi) is 22.9. The van der Waals surface area contributed by atoms with Crippen molar-refractivity contribution in [3.63, 3.8) is 0 Å². The fraction of sp³-hybridized carbons (Fsp3) is 0.952. The van der Waals surface area contributed by atoms with Crippen molar-refractivity contribution >= 4 is 5.97 Å². The van der Waals surface area contributed by atoms with Gasteiger partial charge in [0.2, 0.25) is 0 Å². The van der Waals surface area contributed by atoms with Gasteiger partial charge in [0.25, 0.3) is 0 Å². The summed E-state index contributed by atoms with van der Waals surface area (Å²) < 4.78 is 32.2. The number of carbonyl (C=O) groups excluding carboxylic acids is 1. The van der Waals surface area contributed by atoms with Crippen molar-refractivity contribution in [2.45, 2.75) is 39.5 Å². The van der Waals surface area contributed by atoms with Gasteiger partial charge in [0.05, 0.1) is 72.0 Å². The van der Waals surface area contributed by atoms with E-state index in [1.807, 2.05) is 14.0 Å². The van der Waals surface area contributed by atoms with E-state index >= 15 is 0 Å². The number of rotatable bonds is 23. The predicted octanol–water partition coefficient (Wildman–Crippen LogP) is 2.05. The Hall–Kier alpha value is -0.770. The van der Waals surface area contributed by atoms with Crippen LogP contribution in [0.1, 0.15) is 39.5 Å². The Morgan fingerprint density at radius 3 is 1.59 bits per heavy atom. The summed E-state index contributed by atoms with van der Waals surface area (Å²) in [5.74, 6) is -0.0939. The van der Waals surface area contributed by atoms with E-state index in [1.54, 1.807) is 0 Å². The molecule has 8 heteroatoms.